The monoisotopic (exact) mass is 372 g/mol. The van der Waals surface area contributed by atoms with Gasteiger partial charge in [-0.05, 0) is 42.3 Å². The van der Waals surface area contributed by atoms with Crippen molar-refractivity contribution < 1.29 is 19.5 Å². The van der Waals surface area contributed by atoms with Gasteiger partial charge in [0.1, 0.15) is 6.04 Å². The Morgan fingerprint density at radius 2 is 1.85 bits per heavy atom. The molecule has 134 valence electrons. The number of hydrogen-bond donors (Lipinski definition) is 2. The number of benzene rings is 2. The smallest absolute Gasteiger partial charge is 0.326 e. The lowest BCUT2D eigenvalue weighted by Crippen LogP contribution is -2.42. The van der Waals surface area contributed by atoms with E-state index in [4.69, 9.17) is 11.6 Å². The zero-order chi connectivity index (χ0) is 18.8. The first-order valence-corrected chi connectivity index (χ1v) is 8.42. The maximum Gasteiger partial charge on any atom is 0.326 e. The number of anilines is 1. The van der Waals surface area contributed by atoms with Gasteiger partial charge in [-0.1, -0.05) is 29.8 Å². The summed E-state index contributed by atoms with van der Waals surface area (Å²) in [4.78, 5) is 38.0. The van der Waals surface area contributed by atoms with Gasteiger partial charge in [-0.2, -0.15) is 0 Å². The maximum absolute atomic E-state index is 12.5. The molecule has 0 saturated heterocycles. The molecule has 2 unspecified atom stereocenters. The molecule has 0 saturated carbocycles. The number of nitrogens with zero attached hydrogens (tertiary/aromatic N) is 1. The summed E-state index contributed by atoms with van der Waals surface area (Å²) in [5.41, 5.74) is 1.83. The summed E-state index contributed by atoms with van der Waals surface area (Å²) in [6, 6.07) is 12.2. The van der Waals surface area contributed by atoms with Crippen molar-refractivity contribution in [2.45, 2.75) is 18.4 Å². The standard InChI is InChI=1S/C19H17ClN2O4/c1-22-16-5-3-2-4-13(16)14(18(22)24)10-15(19(25)26)21-17(23)11-6-8-12(20)9-7-11/h2-9,14-15H,10H2,1H3,(H,21,23)(H,25,26). The zero-order valence-corrected chi connectivity index (χ0v) is 14.7. The quantitative estimate of drug-likeness (QED) is 0.844. The third-order valence-corrected chi connectivity index (χ3v) is 4.74. The molecule has 1 heterocycles. The summed E-state index contributed by atoms with van der Waals surface area (Å²) in [5.74, 6) is -2.51. The number of carboxylic acids is 1. The molecule has 3 rings (SSSR count). The summed E-state index contributed by atoms with van der Waals surface area (Å²) < 4.78 is 0. The number of amides is 2. The van der Waals surface area contributed by atoms with Gasteiger partial charge in [0.25, 0.3) is 5.91 Å². The average Bonchev–Trinajstić information content (AvgIpc) is 2.86. The Morgan fingerprint density at radius 3 is 2.50 bits per heavy atom. The van der Waals surface area contributed by atoms with Gasteiger partial charge in [0, 0.05) is 23.3 Å². The Balaban J connectivity index is 1.79. The minimum absolute atomic E-state index is 0.0190. The van der Waals surface area contributed by atoms with E-state index in [9.17, 15) is 19.5 Å². The van der Waals surface area contributed by atoms with Crippen molar-refractivity contribution in [1.82, 2.24) is 5.32 Å². The van der Waals surface area contributed by atoms with Gasteiger partial charge in [0.2, 0.25) is 5.91 Å². The number of carboxylic acid groups (broad SMARTS) is 1. The van der Waals surface area contributed by atoms with Crippen LogP contribution in [0.3, 0.4) is 0 Å². The van der Waals surface area contributed by atoms with Crippen LogP contribution in [0.15, 0.2) is 48.5 Å². The van der Waals surface area contributed by atoms with Gasteiger partial charge in [-0.15, -0.1) is 0 Å². The molecule has 1 aliphatic heterocycles. The molecule has 6 nitrogen and oxygen atoms in total. The van der Waals surface area contributed by atoms with Crippen LogP contribution in [-0.4, -0.2) is 36.0 Å². The normalized spacial score (nSPS) is 16.9. The average molecular weight is 373 g/mol. The van der Waals surface area contributed by atoms with Crippen molar-refractivity contribution in [1.29, 1.82) is 0 Å². The number of likely N-dealkylation sites (N-methyl/N-ethyl adjacent to an activating group) is 1. The third kappa shape index (κ3) is 3.41. The molecule has 0 fully saturated rings. The number of rotatable bonds is 5. The topological polar surface area (TPSA) is 86.7 Å². The zero-order valence-electron chi connectivity index (χ0n) is 14.0. The van der Waals surface area contributed by atoms with Crippen molar-refractivity contribution in [2.24, 2.45) is 0 Å². The fourth-order valence-corrected chi connectivity index (χ4v) is 3.23. The van der Waals surface area contributed by atoms with Crippen LogP contribution in [0.1, 0.15) is 28.3 Å². The molecule has 1 aliphatic rings. The Labute approximate surface area is 155 Å². The van der Waals surface area contributed by atoms with E-state index >= 15 is 0 Å². The van der Waals surface area contributed by atoms with Gasteiger partial charge >= 0.3 is 5.97 Å². The summed E-state index contributed by atoms with van der Waals surface area (Å²) >= 11 is 5.80. The lowest BCUT2D eigenvalue weighted by molar-refractivity contribution is -0.139. The third-order valence-electron chi connectivity index (χ3n) is 4.48. The van der Waals surface area contributed by atoms with Crippen molar-refractivity contribution in [3.63, 3.8) is 0 Å². The summed E-state index contributed by atoms with van der Waals surface area (Å²) in [6.45, 7) is 0. The number of carbonyl (C=O) groups is 3. The molecule has 0 spiro atoms. The SMILES string of the molecule is CN1C(=O)C(CC(NC(=O)c2ccc(Cl)cc2)C(=O)O)c2ccccc21. The molecule has 26 heavy (non-hydrogen) atoms. The van der Waals surface area contributed by atoms with Gasteiger partial charge in [0.05, 0.1) is 5.92 Å². The Bertz CT molecular complexity index is 866. The van der Waals surface area contributed by atoms with E-state index in [-0.39, 0.29) is 12.3 Å². The summed E-state index contributed by atoms with van der Waals surface area (Å²) in [6.07, 6.45) is -0.0190. The second kappa shape index (κ2) is 7.17. The van der Waals surface area contributed by atoms with Crippen LogP contribution >= 0.6 is 11.6 Å². The molecule has 2 aromatic rings. The minimum Gasteiger partial charge on any atom is -0.480 e. The predicted octanol–water partition coefficient (Wildman–Crippen LogP) is 2.67. The van der Waals surface area contributed by atoms with Crippen LogP contribution in [0.2, 0.25) is 5.02 Å². The molecule has 0 aliphatic carbocycles. The molecule has 2 amide bonds. The van der Waals surface area contributed by atoms with Crippen LogP contribution in [0, 0.1) is 0 Å². The van der Waals surface area contributed by atoms with Crippen LogP contribution < -0.4 is 10.2 Å². The number of fused-ring (bicyclic) bond motifs is 1. The molecular weight excluding hydrogens is 356 g/mol. The maximum atomic E-state index is 12.5. The van der Waals surface area contributed by atoms with Crippen LogP contribution in [-0.2, 0) is 9.59 Å². The Hall–Kier alpha value is -2.86. The number of halogens is 1. The molecule has 2 N–H and O–H groups in total. The summed E-state index contributed by atoms with van der Waals surface area (Å²) in [5, 5.41) is 12.5. The van der Waals surface area contributed by atoms with Crippen LogP contribution in [0.25, 0.3) is 0 Å². The fourth-order valence-electron chi connectivity index (χ4n) is 3.10. The number of para-hydroxylation sites is 1. The first-order valence-electron chi connectivity index (χ1n) is 8.04. The van der Waals surface area contributed by atoms with E-state index in [2.05, 4.69) is 5.32 Å². The fraction of sp³-hybridized carbons (Fsp3) is 0.211. The van der Waals surface area contributed by atoms with Crippen molar-refractivity contribution in [3.8, 4) is 0 Å². The highest BCUT2D eigenvalue weighted by Gasteiger charge is 2.38. The Kier molecular flexibility index (Phi) is 4.95. The van der Waals surface area contributed by atoms with Gasteiger partial charge in [-0.25, -0.2) is 4.79 Å². The van der Waals surface area contributed by atoms with Crippen LogP contribution in [0.4, 0.5) is 5.69 Å². The van der Waals surface area contributed by atoms with Crippen molar-refractivity contribution in [2.75, 3.05) is 11.9 Å². The number of nitrogens with one attached hydrogen (secondary N) is 1. The molecule has 7 heteroatoms. The Morgan fingerprint density at radius 1 is 1.19 bits per heavy atom. The second-order valence-corrected chi connectivity index (χ2v) is 6.55. The highest BCUT2D eigenvalue weighted by atomic mass is 35.5. The van der Waals surface area contributed by atoms with E-state index in [1.165, 1.54) is 17.0 Å². The van der Waals surface area contributed by atoms with E-state index in [1.807, 2.05) is 12.1 Å². The lowest BCUT2D eigenvalue weighted by atomic mass is 9.93. The van der Waals surface area contributed by atoms with Crippen molar-refractivity contribution >= 4 is 35.1 Å². The number of hydrogen-bond acceptors (Lipinski definition) is 3. The lowest BCUT2D eigenvalue weighted by Gasteiger charge is -2.18. The van der Waals surface area contributed by atoms with Crippen LogP contribution in [0.5, 0.6) is 0 Å². The molecule has 2 atom stereocenters. The second-order valence-electron chi connectivity index (χ2n) is 6.12. The summed E-state index contributed by atoms with van der Waals surface area (Å²) in [7, 11) is 1.66. The molecule has 0 radical (unpaired) electrons. The highest BCUT2D eigenvalue weighted by molar-refractivity contribution is 6.30. The van der Waals surface area contributed by atoms with E-state index in [1.54, 1.807) is 31.3 Å². The molecule has 2 aromatic carbocycles. The first kappa shape index (κ1) is 17.9. The van der Waals surface area contributed by atoms with E-state index in [0.717, 1.165) is 11.3 Å². The van der Waals surface area contributed by atoms with Crippen molar-refractivity contribution in [3.05, 3.63) is 64.7 Å². The number of carbonyl (C=O) groups excluding carboxylic acids is 2. The molecule has 0 bridgehead atoms. The predicted molar refractivity (Wildman–Crippen MR) is 97.6 cm³/mol. The highest BCUT2D eigenvalue weighted by Crippen LogP contribution is 2.38. The van der Waals surface area contributed by atoms with Gasteiger partial charge < -0.3 is 15.3 Å². The number of aliphatic carboxylic acids is 1. The largest absolute Gasteiger partial charge is 0.480 e. The minimum atomic E-state index is -1.19. The molecule has 0 aromatic heterocycles. The molecular formula is C19H17ClN2O4. The van der Waals surface area contributed by atoms with Gasteiger partial charge in [-0.3, -0.25) is 9.59 Å². The van der Waals surface area contributed by atoms with E-state index < -0.39 is 23.8 Å². The van der Waals surface area contributed by atoms with Gasteiger partial charge in [0.15, 0.2) is 0 Å². The first-order chi connectivity index (χ1) is 12.4. The van der Waals surface area contributed by atoms with E-state index in [0.29, 0.717) is 10.6 Å².